The molecule has 0 bridgehead atoms. The number of anilines is 2. The Bertz CT molecular complexity index is 1500. The maximum Gasteiger partial charge on any atom is 0.451 e. The Morgan fingerprint density at radius 3 is 2.63 bits per heavy atom. The molecule has 198 valence electrons. The lowest BCUT2D eigenvalue weighted by Crippen LogP contribution is -2.54. The molecule has 38 heavy (non-hydrogen) atoms. The number of aliphatic hydroxyl groups is 1. The summed E-state index contributed by atoms with van der Waals surface area (Å²) >= 11 is 1.07. The molecule has 0 aliphatic carbocycles. The number of aliphatic hydroxyl groups excluding tert-OH is 1. The van der Waals surface area contributed by atoms with Crippen molar-refractivity contribution in [3.8, 4) is 10.6 Å². The highest BCUT2D eigenvalue weighted by atomic mass is 32.1. The molecular weight excluding hydrogens is 533 g/mol. The van der Waals surface area contributed by atoms with E-state index in [2.05, 4.69) is 35.4 Å². The predicted octanol–water partition coefficient (Wildman–Crippen LogP) is 1.51. The minimum atomic E-state index is -4.66. The highest BCUT2D eigenvalue weighted by molar-refractivity contribution is 7.13. The van der Waals surface area contributed by atoms with E-state index in [9.17, 15) is 27.9 Å². The Morgan fingerprint density at radius 1 is 1.24 bits per heavy atom. The zero-order chi connectivity index (χ0) is 27.2. The molecule has 1 aliphatic heterocycles. The van der Waals surface area contributed by atoms with Gasteiger partial charge in [-0.2, -0.15) is 18.2 Å². The Hall–Kier alpha value is -4.45. The predicted molar refractivity (Wildman–Crippen MR) is 122 cm³/mol. The van der Waals surface area contributed by atoms with E-state index in [4.69, 9.17) is 4.52 Å². The lowest BCUT2D eigenvalue weighted by molar-refractivity contribution is -0.145. The molecule has 2 N–H and O–H groups in total. The van der Waals surface area contributed by atoms with Crippen LogP contribution >= 0.6 is 11.3 Å². The monoisotopic (exact) mass is 550 g/mol. The van der Waals surface area contributed by atoms with Crippen LogP contribution in [0.3, 0.4) is 0 Å². The quantitative estimate of drug-likeness (QED) is 0.357. The van der Waals surface area contributed by atoms with E-state index in [-0.39, 0.29) is 41.9 Å². The fourth-order valence-electron chi connectivity index (χ4n) is 3.62. The van der Waals surface area contributed by atoms with E-state index in [1.54, 1.807) is 6.92 Å². The smallest absolute Gasteiger partial charge is 0.356 e. The van der Waals surface area contributed by atoms with Crippen LogP contribution in [-0.2, 0) is 24.1 Å². The van der Waals surface area contributed by atoms with Gasteiger partial charge in [0.15, 0.2) is 17.3 Å². The Labute approximate surface area is 214 Å². The maximum absolute atomic E-state index is 13.2. The Morgan fingerprint density at radius 2 is 1.97 bits per heavy atom. The maximum atomic E-state index is 13.2. The third-order valence-corrected chi connectivity index (χ3v) is 6.25. The van der Waals surface area contributed by atoms with Crippen LogP contribution in [0.4, 0.5) is 24.8 Å². The fraction of sp³-hybridized carbons (Fsp3) is 0.300. The van der Waals surface area contributed by atoms with Gasteiger partial charge >= 0.3 is 6.18 Å². The van der Waals surface area contributed by atoms with Crippen molar-refractivity contribution in [3.05, 3.63) is 47.3 Å². The van der Waals surface area contributed by atoms with Gasteiger partial charge in [-0.1, -0.05) is 5.16 Å². The van der Waals surface area contributed by atoms with Gasteiger partial charge < -0.3 is 24.4 Å². The molecule has 0 saturated heterocycles. The molecule has 5 heterocycles. The molecule has 0 spiro atoms. The number of hydrogen-bond donors (Lipinski definition) is 2. The van der Waals surface area contributed by atoms with Gasteiger partial charge in [-0.15, -0.1) is 11.3 Å². The minimum absolute atomic E-state index is 0.0602. The standard InChI is InChI=1S/C20H17F3N10O4S/c1-9-27-13(37-30-9)6-33-17(35)14-15(31(2)19(33)36)26-8-32(14)5-12(34)28-11-7-38-16(29-11)10-3-24-18(25-4-10)20(21,22)23/h3-4,7-8,19,36H,5-6H2,1-2H3,(H,28,34). The molecule has 0 radical (unpaired) electrons. The van der Waals surface area contributed by atoms with Gasteiger partial charge in [0.05, 0.1) is 6.33 Å². The average molecular weight is 550 g/mol. The zero-order valence-electron chi connectivity index (χ0n) is 19.5. The molecule has 4 aromatic rings. The largest absolute Gasteiger partial charge is 0.451 e. The fourth-order valence-corrected chi connectivity index (χ4v) is 4.34. The van der Waals surface area contributed by atoms with Crippen LogP contribution < -0.4 is 10.2 Å². The molecule has 1 unspecified atom stereocenters. The van der Waals surface area contributed by atoms with Crippen LogP contribution in [-0.4, -0.2) is 69.9 Å². The van der Waals surface area contributed by atoms with E-state index in [1.165, 1.54) is 28.2 Å². The number of fused-ring (bicyclic) bond motifs is 1. The first-order valence-electron chi connectivity index (χ1n) is 10.7. The molecule has 0 saturated carbocycles. The number of aryl methyl sites for hydroxylation is 1. The number of nitrogens with one attached hydrogen (secondary N) is 1. The van der Waals surface area contributed by atoms with Crippen molar-refractivity contribution in [2.45, 2.75) is 32.5 Å². The summed E-state index contributed by atoms with van der Waals surface area (Å²) in [5, 5.41) is 18.6. The summed E-state index contributed by atoms with van der Waals surface area (Å²) in [6, 6.07) is 0. The highest BCUT2D eigenvalue weighted by Crippen LogP contribution is 2.30. The van der Waals surface area contributed by atoms with E-state index >= 15 is 0 Å². The number of carbonyl (C=O) groups is 2. The second-order valence-electron chi connectivity index (χ2n) is 8.05. The third-order valence-electron chi connectivity index (χ3n) is 5.35. The number of carbonyl (C=O) groups excluding carboxylic acids is 2. The summed E-state index contributed by atoms with van der Waals surface area (Å²) in [4.78, 5) is 47.4. The van der Waals surface area contributed by atoms with Crippen LogP contribution in [0.1, 0.15) is 28.0 Å². The van der Waals surface area contributed by atoms with Gasteiger partial charge in [-0.05, 0) is 6.92 Å². The highest BCUT2D eigenvalue weighted by Gasteiger charge is 2.39. The van der Waals surface area contributed by atoms with Gasteiger partial charge in [0, 0.05) is 30.4 Å². The number of nitrogens with zero attached hydrogens (tertiary/aromatic N) is 9. The van der Waals surface area contributed by atoms with Crippen molar-refractivity contribution < 1.29 is 32.4 Å². The normalized spacial score (nSPS) is 15.6. The molecule has 0 fully saturated rings. The van der Waals surface area contributed by atoms with E-state index < -0.39 is 30.2 Å². The van der Waals surface area contributed by atoms with Crippen molar-refractivity contribution in [2.24, 2.45) is 0 Å². The van der Waals surface area contributed by atoms with E-state index in [0.717, 1.165) is 28.6 Å². The van der Waals surface area contributed by atoms with Crippen LogP contribution in [0.25, 0.3) is 10.6 Å². The van der Waals surface area contributed by atoms with Crippen LogP contribution in [0.5, 0.6) is 0 Å². The second kappa shape index (κ2) is 9.45. The number of hydrogen-bond acceptors (Lipinski definition) is 12. The number of halogens is 3. The van der Waals surface area contributed by atoms with Crippen LogP contribution in [0.15, 0.2) is 28.6 Å². The lowest BCUT2D eigenvalue weighted by atomic mass is 10.2. The van der Waals surface area contributed by atoms with Crippen molar-refractivity contribution in [1.29, 1.82) is 0 Å². The number of amides is 2. The van der Waals surface area contributed by atoms with Gasteiger partial charge in [-0.25, -0.2) is 19.9 Å². The van der Waals surface area contributed by atoms with Gasteiger partial charge in [0.1, 0.15) is 23.9 Å². The molecule has 14 nitrogen and oxygen atoms in total. The number of imidazole rings is 1. The third kappa shape index (κ3) is 4.77. The molecule has 0 aromatic carbocycles. The van der Waals surface area contributed by atoms with E-state index in [0.29, 0.717) is 10.8 Å². The number of thiazole rings is 1. The Balaban J connectivity index is 1.29. The molecule has 1 aliphatic rings. The first-order valence-corrected chi connectivity index (χ1v) is 11.6. The zero-order valence-corrected chi connectivity index (χ0v) is 20.4. The molecular formula is C20H17F3N10O4S. The summed E-state index contributed by atoms with van der Waals surface area (Å²) in [5.41, 5.74) is 0.306. The van der Waals surface area contributed by atoms with Crippen molar-refractivity contribution in [1.82, 2.24) is 39.5 Å². The van der Waals surface area contributed by atoms with Gasteiger partial charge in [0.2, 0.25) is 24.0 Å². The van der Waals surface area contributed by atoms with E-state index in [1.807, 2.05) is 0 Å². The molecule has 5 rings (SSSR count). The SMILES string of the molecule is Cc1noc(CN2C(=O)c3c(ncn3CC(=O)Nc3csc(-c4cnc(C(F)(F)F)nc4)n3)N(C)C2O)n1. The first kappa shape index (κ1) is 25.2. The number of alkyl halides is 3. The lowest BCUT2D eigenvalue weighted by Gasteiger charge is -2.37. The second-order valence-corrected chi connectivity index (χ2v) is 8.91. The van der Waals surface area contributed by atoms with Gasteiger partial charge in [0.25, 0.3) is 5.91 Å². The molecule has 1 atom stereocenters. The van der Waals surface area contributed by atoms with Crippen LogP contribution in [0.2, 0.25) is 0 Å². The first-order chi connectivity index (χ1) is 18.0. The summed E-state index contributed by atoms with van der Waals surface area (Å²) in [5.74, 6) is -1.62. The number of rotatable bonds is 6. The average Bonchev–Trinajstić information content (AvgIpc) is 3.60. The topological polar surface area (TPSA) is 168 Å². The minimum Gasteiger partial charge on any atom is -0.356 e. The summed E-state index contributed by atoms with van der Waals surface area (Å²) < 4.78 is 44.4. The summed E-state index contributed by atoms with van der Waals surface area (Å²) in [7, 11) is 1.53. The van der Waals surface area contributed by atoms with Crippen LogP contribution in [0, 0.1) is 6.92 Å². The van der Waals surface area contributed by atoms with Crippen molar-refractivity contribution in [3.63, 3.8) is 0 Å². The molecule has 2 amide bonds. The van der Waals surface area contributed by atoms with Crippen molar-refractivity contribution >= 4 is 34.8 Å². The molecule has 18 heteroatoms. The van der Waals surface area contributed by atoms with Gasteiger partial charge in [-0.3, -0.25) is 14.5 Å². The summed E-state index contributed by atoms with van der Waals surface area (Å²) in [6.45, 7) is 1.13. The van der Waals surface area contributed by atoms with Crippen molar-refractivity contribution in [2.75, 3.05) is 17.3 Å². The summed E-state index contributed by atoms with van der Waals surface area (Å²) in [6.07, 6.45) is -2.74. The number of aromatic nitrogens is 7. The Kier molecular flexibility index (Phi) is 6.27. The molecule has 4 aromatic heterocycles.